The number of rotatable bonds is 6. The van der Waals surface area contributed by atoms with Crippen LogP contribution in [0.15, 0.2) is 54.6 Å². The summed E-state index contributed by atoms with van der Waals surface area (Å²) < 4.78 is 0. The summed E-state index contributed by atoms with van der Waals surface area (Å²) in [6.45, 7) is 1.45. The van der Waals surface area contributed by atoms with Gasteiger partial charge in [-0.05, 0) is 36.6 Å². The first kappa shape index (κ1) is 22.1. The van der Waals surface area contributed by atoms with Crippen LogP contribution in [-0.4, -0.2) is 42.3 Å². The molecule has 0 radical (unpaired) electrons. The van der Waals surface area contributed by atoms with E-state index in [1.807, 2.05) is 30.3 Å². The molecule has 0 spiro atoms. The molecule has 0 unspecified atom stereocenters. The number of nitrogens with zero attached hydrogens (tertiary/aromatic N) is 2. The molecular weight excluding hydrogens is 449 g/mol. The molecule has 32 heavy (non-hydrogen) atoms. The number of hydrogen-bond acceptors (Lipinski definition) is 3. The molecule has 6 nitrogen and oxygen atoms in total. The van der Waals surface area contributed by atoms with Crippen LogP contribution >= 0.6 is 23.2 Å². The lowest BCUT2D eigenvalue weighted by Crippen LogP contribution is -2.50. The molecule has 0 saturated carbocycles. The zero-order valence-electron chi connectivity index (χ0n) is 17.6. The van der Waals surface area contributed by atoms with Gasteiger partial charge >= 0.3 is 0 Å². The Morgan fingerprint density at radius 3 is 2.31 bits per heavy atom. The zero-order chi connectivity index (χ0) is 23.0. The number of nitrogens with one attached hydrogen (secondary N) is 1. The van der Waals surface area contributed by atoms with Gasteiger partial charge in [0, 0.05) is 40.2 Å². The van der Waals surface area contributed by atoms with Crippen LogP contribution in [0.25, 0.3) is 10.8 Å². The lowest BCUT2D eigenvalue weighted by molar-refractivity contribution is -0.139. The largest absolute Gasteiger partial charge is 0.357 e. The standard InChI is InChI=1S/C24H21Cl2N3O3/c1-14(23(31)27-2)28(12-17-18(25)9-5-10-19(17)26)21(30)13-29-20-11-4-7-15-6-3-8-16(22(15)20)24(29)32/h3-11,14H,12-13H2,1-2H3,(H,27,31)/t14-/m1/s1. The Labute approximate surface area is 195 Å². The summed E-state index contributed by atoms with van der Waals surface area (Å²) in [6.07, 6.45) is 0. The lowest BCUT2D eigenvalue weighted by Gasteiger charge is -2.30. The summed E-state index contributed by atoms with van der Waals surface area (Å²) in [6, 6.07) is 15.4. The van der Waals surface area contributed by atoms with E-state index in [4.69, 9.17) is 23.2 Å². The number of halogens is 2. The summed E-state index contributed by atoms with van der Waals surface area (Å²) in [5, 5.41) is 5.12. The van der Waals surface area contributed by atoms with Crippen molar-refractivity contribution in [2.24, 2.45) is 0 Å². The summed E-state index contributed by atoms with van der Waals surface area (Å²) in [5.41, 5.74) is 1.78. The van der Waals surface area contributed by atoms with Crippen LogP contribution in [0.3, 0.4) is 0 Å². The summed E-state index contributed by atoms with van der Waals surface area (Å²) in [7, 11) is 1.51. The third-order valence-corrected chi connectivity index (χ3v) is 6.45. The van der Waals surface area contributed by atoms with Crippen molar-refractivity contribution in [3.8, 4) is 0 Å². The molecule has 164 valence electrons. The molecule has 1 heterocycles. The Morgan fingerprint density at radius 2 is 1.66 bits per heavy atom. The van der Waals surface area contributed by atoms with Crippen LogP contribution in [0.1, 0.15) is 22.8 Å². The molecule has 0 saturated heterocycles. The average molecular weight is 470 g/mol. The third kappa shape index (κ3) is 3.80. The first-order chi connectivity index (χ1) is 15.3. The monoisotopic (exact) mass is 469 g/mol. The average Bonchev–Trinajstić information content (AvgIpc) is 3.06. The van der Waals surface area contributed by atoms with Gasteiger partial charge < -0.3 is 10.2 Å². The molecule has 0 bridgehead atoms. The Bertz CT molecular complexity index is 1220. The van der Waals surface area contributed by atoms with Gasteiger partial charge in [-0.3, -0.25) is 19.3 Å². The minimum Gasteiger partial charge on any atom is -0.357 e. The van der Waals surface area contributed by atoms with E-state index < -0.39 is 11.9 Å². The second-order valence-corrected chi connectivity index (χ2v) is 8.40. The number of carbonyl (C=O) groups is 3. The molecule has 1 N–H and O–H groups in total. The first-order valence-electron chi connectivity index (χ1n) is 10.1. The van der Waals surface area contributed by atoms with E-state index in [9.17, 15) is 14.4 Å². The number of carbonyl (C=O) groups excluding carboxylic acids is 3. The van der Waals surface area contributed by atoms with E-state index in [1.165, 1.54) is 16.8 Å². The van der Waals surface area contributed by atoms with Gasteiger partial charge in [-0.15, -0.1) is 0 Å². The minimum absolute atomic E-state index is 0.0328. The summed E-state index contributed by atoms with van der Waals surface area (Å²) in [5.74, 6) is -0.969. The van der Waals surface area contributed by atoms with Crippen molar-refractivity contribution in [3.63, 3.8) is 0 Å². The Kier molecular flexibility index (Phi) is 6.09. The molecule has 1 aliphatic rings. The Morgan fingerprint density at radius 1 is 1.03 bits per heavy atom. The molecule has 3 aromatic carbocycles. The van der Waals surface area contributed by atoms with Crippen molar-refractivity contribution in [2.45, 2.75) is 19.5 Å². The van der Waals surface area contributed by atoms with E-state index in [0.717, 1.165) is 10.8 Å². The fraction of sp³-hybridized carbons (Fsp3) is 0.208. The molecule has 8 heteroatoms. The quantitative estimate of drug-likeness (QED) is 0.585. The van der Waals surface area contributed by atoms with Crippen LogP contribution < -0.4 is 10.2 Å². The molecule has 0 aliphatic carbocycles. The number of amides is 3. The van der Waals surface area contributed by atoms with Crippen molar-refractivity contribution in [1.82, 2.24) is 10.2 Å². The van der Waals surface area contributed by atoms with Gasteiger partial charge in [0.15, 0.2) is 0 Å². The van der Waals surface area contributed by atoms with E-state index in [2.05, 4.69) is 5.32 Å². The zero-order valence-corrected chi connectivity index (χ0v) is 19.1. The van der Waals surface area contributed by atoms with Crippen LogP contribution in [-0.2, 0) is 16.1 Å². The highest BCUT2D eigenvalue weighted by molar-refractivity contribution is 6.36. The fourth-order valence-electron chi connectivity index (χ4n) is 4.01. The molecule has 1 atom stereocenters. The fourth-order valence-corrected chi connectivity index (χ4v) is 4.52. The maximum atomic E-state index is 13.5. The first-order valence-corrected chi connectivity index (χ1v) is 10.9. The Balaban J connectivity index is 1.67. The van der Waals surface area contributed by atoms with E-state index in [1.54, 1.807) is 31.2 Å². The number of likely N-dealkylation sites (N-methyl/N-ethyl adjacent to an activating group) is 1. The normalized spacial score (nSPS) is 13.4. The predicted octanol–water partition coefficient (Wildman–Crippen LogP) is 4.27. The van der Waals surface area contributed by atoms with Gasteiger partial charge in [-0.25, -0.2) is 0 Å². The van der Waals surface area contributed by atoms with E-state index >= 15 is 0 Å². The van der Waals surface area contributed by atoms with Crippen molar-refractivity contribution in [1.29, 1.82) is 0 Å². The minimum atomic E-state index is -0.796. The van der Waals surface area contributed by atoms with Crippen LogP contribution in [0, 0.1) is 0 Å². The van der Waals surface area contributed by atoms with Crippen LogP contribution in [0.4, 0.5) is 5.69 Å². The van der Waals surface area contributed by atoms with Crippen molar-refractivity contribution in [3.05, 3.63) is 75.8 Å². The highest BCUT2D eigenvalue weighted by atomic mass is 35.5. The van der Waals surface area contributed by atoms with Gasteiger partial charge in [-0.1, -0.05) is 53.5 Å². The second kappa shape index (κ2) is 8.81. The predicted molar refractivity (Wildman–Crippen MR) is 126 cm³/mol. The van der Waals surface area contributed by atoms with Gasteiger partial charge in [0.25, 0.3) is 5.91 Å². The van der Waals surface area contributed by atoms with Crippen LogP contribution in [0.5, 0.6) is 0 Å². The summed E-state index contributed by atoms with van der Waals surface area (Å²) >= 11 is 12.6. The number of hydrogen-bond donors (Lipinski definition) is 1. The van der Waals surface area contributed by atoms with Crippen molar-refractivity contribution in [2.75, 3.05) is 18.5 Å². The highest BCUT2D eigenvalue weighted by Crippen LogP contribution is 2.37. The van der Waals surface area contributed by atoms with Gasteiger partial charge in [-0.2, -0.15) is 0 Å². The molecule has 4 rings (SSSR count). The van der Waals surface area contributed by atoms with Crippen LogP contribution in [0.2, 0.25) is 10.0 Å². The molecule has 0 aromatic heterocycles. The molecule has 1 aliphatic heterocycles. The van der Waals surface area contributed by atoms with E-state index in [-0.39, 0.29) is 24.9 Å². The smallest absolute Gasteiger partial charge is 0.259 e. The molecule has 3 aromatic rings. The number of anilines is 1. The van der Waals surface area contributed by atoms with Crippen molar-refractivity contribution < 1.29 is 14.4 Å². The Hall–Kier alpha value is -3.09. The molecule has 3 amide bonds. The van der Waals surface area contributed by atoms with Gasteiger partial charge in [0.05, 0.1) is 5.69 Å². The lowest BCUT2D eigenvalue weighted by atomic mass is 10.1. The third-order valence-electron chi connectivity index (χ3n) is 5.75. The topological polar surface area (TPSA) is 69.7 Å². The second-order valence-electron chi connectivity index (χ2n) is 7.58. The van der Waals surface area contributed by atoms with E-state index in [0.29, 0.717) is 26.9 Å². The highest BCUT2D eigenvalue weighted by Gasteiger charge is 2.34. The maximum absolute atomic E-state index is 13.5. The van der Waals surface area contributed by atoms with Crippen molar-refractivity contribution >= 4 is 57.4 Å². The molecular formula is C24H21Cl2N3O3. The van der Waals surface area contributed by atoms with Gasteiger partial charge in [0.2, 0.25) is 11.8 Å². The number of benzene rings is 3. The maximum Gasteiger partial charge on any atom is 0.259 e. The summed E-state index contributed by atoms with van der Waals surface area (Å²) in [4.78, 5) is 41.8. The van der Waals surface area contributed by atoms with Gasteiger partial charge in [0.1, 0.15) is 12.6 Å². The molecule has 0 fully saturated rings. The SMILES string of the molecule is CNC(=O)[C@@H](C)N(Cc1c(Cl)cccc1Cl)C(=O)CN1C(=O)c2cccc3cccc1c23.